The van der Waals surface area contributed by atoms with E-state index in [2.05, 4.69) is 4.98 Å². The molecule has 0 spiro atoms. The molecule has 0 radical (unpaired) electrons. The van der Waals surface area contributed by atoms with Gasteiger partial charge in [0, 0.05) is 18.9 Å². The zero-order valence-electron chi connectivity index (χ0n) is 7.56. The van der Waals surface area contributed by atoms with Gasteiger partial charge in [0.1, 0.15) is 11.1 Å². The van der Waals surface area contributed by atoms with Crippen LogP contribution in [0.3, 0.4) is 0 Å². The molecule has 1 rings (SSSR count). The largest absolute Gasteiger partial charge is 0.383 e. The van der Waals surface area contributed by atoms with Crippen LogP contribution in [0.1, 0.15) is 16.8 Å². The van der Waals surface area contributed by atoms with Crippen LogP contribution in [0, 0.1) is 0 Å². The highest BCUT2D eigenvalue weighted by molar-refractivity contribution is 7.09. The fourth-order valence-electron chi connectivity index (χ4n) is 0.968. The zero-order chi connectivity index (χ0) is 9.68. The highest BCUT2D eigenvalue weighted by Crippen LogP contribution is 2.18. The molecule has 0 aliphatic heterocycles. The minimum atomic E-state index is -0.610. The van der Waals surface area contributed by atoms with Crippen molar-refractivity contribution in [3.05, 3.63) is 16.1 Å². The first kappa shape index (κ1) is 10.6. The molecule has 1 atom stereocenters. The summed E-state index contributed by atoms with van der Waals surface area (Å²) in [7, 11) is 1.55. The van der Waals surface area contributed by atoms with Gasteiger partial charge in [0.2, 0.25) is 0 Å². The molecule has 5 heteroatoms. The van der Waals surface area contributed by atoms with Gasteiger partial charge in [-0.3, -0.25) is 0 Å². The minimum Gasteiger partial charge on any atom is -0.383 e. The average Bonchev–Trinajstić information content (AvgIpc) is 2.54. The van der Waals surface area contributed by atoms with Gasteiger partial charge < -0.3 is 15.6 Å². The summed E-state index contributed by atoms with van der Waals surface area (Å²) < 4.78 is 4.82. The predicted molar refractivity (Wildman–Crippen MR) is 51.7 cm³/mol. The van der Waals surface area contributed by atoms with Crippen LogP contribution in [-0.4, -0.2) is 30.4 Å². The Kier molecular flexibility index (Phi) is 4.31. The summed E-state index contributed by atoms with van der Waals surface area (Å²) in [5.41, 5.74) is 6.32. The molecule has 0 aliphatic rings. The molecular weight excluding hydrogens is 188 g/mol. The van der Waals surface area contributed by atoms with Crippen LogP contribution in [0.4, 0.5) is 0 Å². The van der Waals surface area contributed by atoms with Crippen LogP contribution in [0.5, 0.6) is 0 Å². The molecule has 3 N–H and O–H groups in total. The number of nitrogens with zero attached hydrogens (tertiary/aromatic N) is 1. The first-order valence-corrected chi connectivity index (χ1v) is 4.97. The minimum absolute atomic E-state index is 0.287. The Morgan fingerprint density at radius 1 is 1.77 bits per heavy atom. The van der Waals surface area contributed by atoms with Gasteiger partial charge >= 0.3 is 0 Å². The van der Waals surface area contributed by atoms with Crippen molar-refractivity contribution in [3.63, 3.8) is 0 Å². The van der Waals surface area contributed by atoms with Crippen molar-refractivity contribution in [1.82, 2.24) is 4.98 Å². The Morgan fingerprint density at radius 3 is 3.15 bits per heavy atom. The topological polar surface area (TPSA) is 68.4 Å². The molecule has 4 nitrogen and oxygen atoms in total. The van der Waals surface area contributed by atoms with Crippen molar-refractivity contribution < 1.29 is 9.84 Å². The second-order valence-corrected chi connectivity index (χ2v) is 3.58. The molecule has 0 aromatic carbocycles. The van der Waals surface area contributed by atoms with Crippen LogP contribution in [0.2, 0.25) is 0 Å². The number of thiazole rings is 1. The van der Waals surface area contributed by atoms with Gasteiger partial charge in [0.05, 0.1) is 12.3 Å². The molecule has 0 fully saturated rings. The number of ether oxygens (including phenoxy) is 1. The Hall–Kier alpha value is -0.490. The molecule has 13 heavy (non-hydrogen) atoms. The van der Waals surface area contributed by atoms with Gasteiger partial charge in [-0.05, 0) is 6.54 Å². The normalized spacial score (nSPS) is 13.2. The monoisotopic (exact) mass is 202 g/mol. The number of nitrogens with two attached hydrogens (primary N) is 1. The molecule has 0 saturated heterocycles. The van der Waals surface area contributed by atoms with E-state index in [0.717, 1.165) is 12.1 Å². The Balaban J connectivity index is 2.56. The highest BCUT2D eigenvalue weighted by Gasteiger charge is 2.11. The summed E-state index contributed by atoms with van der Waals surface area (Å²) in [6.07, 6.45) is 0.150. The lowest BCUT2D eigenvalue weighted by Gasteiger charge is -2.04. The van der Waals surface area contributed by atoms with Crippen molar-refractivity contribution >= 4 is 11.3 Å². The molecular formula is C8H14N2O2S. The Labute approximate surface area is 81.4 Å². The van der Waals surface area contributed by atoms with Crippen molar-refractivity contribution in [2.45, 2.75) is 12.5 Å². The van der Waals surface area contributed by atoms with Gasteiger partial charge in [-0.2, -0.15) is 0 Å². The molecule has 0 aliphatic carbocycles. The lowest BCUT2D eigenvalue weighted by molar-refractivity contribution is 0.0641. The Bertz CT molecular complexity index is 252. The maximum absolute atomic E-state index is 9.49. The second kappa shape index (κ2) is 5.29. The number of aliphatic hydroxyl groups is 1. The SMILES string of the molecule is COCC(O)c1nc(CCN)cs1. The summed E-state index contributed by atoms with van der Waals surface area (Å²) >= 11 is 1.44. The molecule has 1 aromatic heterocycles. The summed E-state index contributed by atoms with van der Waals surface area (Å²) in [6, 6.07) is 0. The van der Waals surface area contributed by atoms with Gasteiger partial charge in [-0.25, -0.2) is 4.98 Å². The quantitative estimate of drug-likeness (QED) is 0.721. The first-order valence-electron chi connectivity index (χ1n) is 4.09. The molecule has 74 valence electrons. The van der Waals surface area contributed by atoms with Crippen molar-refractivity contribution in [3.8, 4) is 0 Å². The maximum Gasteiger partial charge on any atom is 0.129 e. The molecule has 1 aromatic rings. The summed E-state index contributed by atoms with van der Waals surface area (Å²) in [5.74, 6) is 0. The van der Waals surface area contributed by atoms with Crippen LogP contribution in [-0.2, 0) is 11.2 Å². The zero-order valence-corrected chi connectivity index (χ0v) is 8.38. The number of aromatic nitrogens is 1. The van der Waals surface area contributed by atoms with Gasteiger partial charge in [-0.1, -0.05) is 0 Å². The van der Waals surface area contributed by atoms with Crippen molar-refractivity contribution in [2.24, 2.45) is 5.73 Å². The van der Waals surface area contributed by atoms with Gasteiger partial charge in [-0.15, -0.1) is 11.3 Å². The number of aliphatic hydroxyl groups excluding tert-OH is 1. The molecule has 1 unspecified atom stereocenters. The molecule has 1 heterocycles. The van der Waals surface area contributed by atoms with Crippen molar-refractivity contribution in [1.29, 1.82) is 0 Å². The smallest absolute Gasteiger partial charge is 0.129 e. The number of rotatable bonds is 5. The van der Waals surface area contributed by atoms with E-state index in [9.17, 15) is 5.11 Å². The standard InChI is InChI=1S/C8H14N2O2S/c1-12-4-7(11)8-10-6(2-3-9)5-13-8/h5,7,11H,2-4,9H2,1H3. The number of hydrogen-bond donors (Lipinski definition) is 2. The lowest BCUT2D eigenvalue weighted by atomic mass is 10.3. The van der Waals surface area contributed by atoms with Crippen LogP contribution >= 0.6 is 11.3 Å². The summed E-state index contributed by atoms with van der Waals surface area (Å²) in [6.45, 7) is 0.874. The van der Waals surface area contributed by atoms with E-state index in [1.54, 1.807) is 7.11 Å². The van der Waals surface area contributed by atoms with Crippen LogP contribution in [0.25, 0.3) is 0 Å². The molecule has 0 amide bonds. The first-order chi connectivity index (χ1) is 6.27. The second-order valence-electron chi connectivity index (χ2n) is 2.69. The van der Waals surface area contributed by atoms with E-state index in [4.69, 9.17) is 10.5 Å². The molecule has 0 bridgehead atoms. The highest BCUT2D eigenvalue weighted by atomic mass is 32.1. The molecule has 0 saturated carbocycles. The predicted octanol–water partition coefficient (Wildman–Crippen LogP) is 0.324. The van der Waals surface area contributed by atoms with Gasteiger partial charge in [0.25, 0.3) is 0 Å². The van der Waals surface area contributed by atoms with Crippen molar-refractivity contribution in [2.75, 3.05) is 20.3 Å². The summed E-state index contributed by atoms with van der Waals surface area (Å²) in [5, 5.41) is 12.1. The third kappa shape index (κ3) is 3.04. The maximum atomic E-state index is 9.49. The summed E-state index contributed by atoms with van der Waals surface area (Å²) in [4.78, 5) is 4.23. The Morgan fingerprint density at radius 2 is 2.54 bits per heavy atom. The van der Waals surface area contributed by atoms with E-state index in [-0.39, 0.29) is 6.61 Å². The number of methoxy groups -OCH3 is 1. The third-order valence-electron chi connectivity index (χ3n) is 1.58. The van der Waals surface area contributed by atoms with Gasteiger partial charge in [0.15, 0.2) is 0 Å². The fraction of sp³-hybridized carbons (Fsp3) is 0.625. The van der Waals surface area contributed by atoms with E-state index in [1.807, 2.05) is 5.38 Å². The lowest BCUT2D eigenvalue weighted by Crippen LogP contribution is -2.06. The van der Waals surface area contributed by atoms with E-state index in [1.165, 1.54) is 11.3 Å². The van der Waals surface area contributed by atoms with Crippen LogP contribution in [0.15, 0.2) is 5.38 Å². The number of hydrogen-bond acceptors (Lipinski definition) is 5. The fourth-order valence-corrected chi connectivity index (χ4v) is 1.79. The van der Waals surface area contributed by atoms with Crippen LogP contribution < -0.4 is 5.73 Å². The van der Waals surface area contributed by atoms with E-state index >= 15 is 0 Å². The van der Waals surface area contributed by atoms with E-state index in [0.29, 0.717) is 11.6 Å². The third-order valence-corrected chi connectivity index (χ3v) is 2.57. The average molecular weight is 202 g/mol. The van der Waals surface area contributed by atoms with E-state index < -0.39 is 6.10 Å².